The Kier molecular flexibility index (Phi) is 2.05. The van der Waals surface area contributed by atoms with Crippen LogP contribution in [0, 0.1) is 6.92 Å². The van der Waals surface area contributed by atoms with Crippen molar-refractivity contribution >= 4 is 5.71 Å². The number of hydrogen-bond acceptors (Lipinski definition) is 2. The summed E-state index contributed by atoms with van der Waals surface area (Å²) in [4.78, 5) is 0. The zero-order valence-electron chi connectivity index (χ0n) is 8.12. The van der Waals surface area contributed by atoms with Crippen LogP contribution in [0.4, 0.5) is 0 Å². The van der Waals surface area contributed by atoms with Crippen LogP contribution in [0.3, 0.4) is 0 Å². The summed E-state index contributed by atoms with van der Waals surface area (Å²) >= 11 is 0. The first kappa shape index (κ1) is 8.30. The fourth-order valence-corrected chi connectivity index (χ4v) is 1.52. The molecule has 1 heterocycles. The molecule has 0 aromatic heterocycles. The van der Waals surface area contributed by atoms with Gasteiger partial charge in [-0.05, 0) is 12.5 Å². The summed E-state index contributed by atoms with van der Waals surface area (Å²) in [7, 11) is 2.02. The van der Waals surface area contributed by atoms with E-state index in [-0.39, 0.29) is 0 Å². The Morgan fingerprint density at radius 2 is 1.92 bits per heavy atom. The maximum atomic E-state index is 4.44. The van der Waals surface area contributed by atoms with Gasteiger partial charge in [-0.15, -0.1) is 0 Å². The van der Waals surface area contributed by atoms with E-state index in [9.17, 15) is 0 Å². The van der Waals surface area contributed by atoms with E-state index in [0.29, 0.717) is 0 Å². The van der Waals surface area contributed by atoms with Crippen molar-refractivity contribution in [3.63, 3.8) is 0 Å². The molecule has 0 spiro atoms. The fraction of sp³-hybridized carbons (Fsp3) is 0.364. The molecule has 2 heteroatoms. The lowest BCUT2D eigenvalue weighted by Gasteiger charge is -2.01. The van der Waals surface area contributed by atoms with Gasteiger partial charge in [-0.2, -0.15) is 5.10 Å². The zero-order valence-corrected chi connectivity index (χ0v) is 8.12. The highest BCUT2D eigenvalue weighted by Gasteiger charge is 2.11. The van der Waals surface area contributed by atoms with Gasteiger partial charge in [-0.3, -0.25) is 5.01 Å². The molecule has 1 aliphatic heterocycles. The van der Waals surface area contributed by atoms with Crippen molar-refractivity contribution in [3.05, 3.63) is 35.4 Å². The van der Waals surface area contributed by atoms with E-state index >= 15 is 0 Å². The first-order valence-electron chi connectivity index (χ1n) is 4.61. The van der Waals surface area contributed by atoms with E-state index in [1.165, 1.54) is 16.8 Å². The van der Waals surface area contributed by atoms with Crippen molar-refractivity contribution in [2.24, 2.45) is 5.10 Å². The number of nitrogens with zero attached hydrogens (tertiary/aromatic N) is 2. The third-order valence-electron chi connectivity index (χ3n) is 2.35. The standard InChI is InChI=1S/C11H14N2/c1-9-3-5-10(6-4-9)11-7-8-13(2)12-11/h3-6H,7-8H2,1-2H3. The summed E-state index contributed by atoms with van der Waals surface area (Å²) in [6, 6.07) is 8.56. The maximum Gasteiger partial charge on any atom is 0.0695 e. The van der Waals surface area contributed by atoms with E-state index in [4.69, 9.17) is 0 Å². The average Bonchev–Trinajstić information content (AvgIpc) is 2.53. The SMILES string of the molecule is Cc1ccc(C2=NN(C)CC2)cc1. The van der Waals surface area contributed by atoms with E-state index in [1.807, 2.05) is 12.1 Å². The molecule has 2 nitrogen and oxygen atoms in total. The van der Waals surface area contributed by atoms with Crippen molar-refractivity contribution in [1.29, 1.82) is 0 Å². The van der Waals surface area contributed by atoms with Crippen LogP contribution >= 0.6 is 0 Å². The second-order valence-corrected chi connectivity index (χ2v) is 3.54. The minimum absolute atomic E-state index is 1.04. The number of aryl methyl sites for hydroxylation is 1. The minimum Gasteiger partial charge on any atom is -0.299 e. The molecular formula is C11H14N2. The van der Waals surface area contributed by atoms with Gasteiger partial charge in [0.2, 0.25) is 0 Å². The van der Waals surface area contributed by atoms with E-state index < -0.39 is 0 Å². The topological polar surface area (TPSA) is 15.6 Å². The van der Waals surface area contributed by atoms with Crippen LogP contribution in [-0.4, -0.2) is 24.3 Å². The summed E-state index contributed by atoms with van der Waals surface area (Å²) in [6.07, 6.45) is 1.07. The third kappa shape index (κ3) is 1.72. The lowest BCUT2D eigenvalue weighted by molar-refractivity contribution is 0.393. The number of rotatable bonds is 1. The monoisotopic (exact) mass is 174 g/mol. The number of hydrazone groups is 1. The lowest BCUT2D eigenvalue weighted by Crippen LogP contribution is -2.04. The molecule has 0 saturated carbocycles. The molecule has 2 rings (SSSR count). The Morgan fingerprint density at radius 3 is 2.46 bits per heavy atom. The van der Waals surface area contributed by atoms with Gasteiger partial charge in [-0.1, -0.05) is 29.8 Å². The predicted molar refractivity (Wildman–Crippen MR) is 55.0 cm³/mol. The van der Waals surface area contributed by atoms with E-state index in [2.05, 4.69) is 36.3 Å². The van der Waals surface area contributed by atoms with Crippen LogP contribution in [0.1, 0.15) is 17.5 Å². The summed E-state index contributed by atoms with van der Waals surface area (Å²) in [5, 5.41) is 6.43. The molecule has 1 aliphatic rings. The van der Waals surface area contributed by atoms with Crippen LogP contribution < -0.4 is 0 Å². The first-order valence-corrected chi connectivity index (χ1v) is 4.61. The molecule has 13 heavy (non-hydrogen) atoms. The molecule has 1 aromatic rings. The Bertz CT molecular complexity index is 324. The summed E-state index contributed by atoms with van der Waals surface area (Å²) in [6.45, 7) is 3.15. The van der Waals surface area contributed by atoms with Crippen LogP contribution in [0.5, 0.6) is 0 Å². The van der Waals surface area contributed by atoms with E-state index in [1.54, 1.807) is 0 Å². The second-order valence-electron chi connectivity index (χ2n) is 3.54. The molecule has 0 bridgehead atoms. The van der Waals surface area contributed by atoms with Gasteiger partial charge in [0.15, 0.2) is 0 Å². The van der Waals surface area contributed by atoms with Crippen molar-refractivity contribution in [3.8, 4) is 0 Å². The van der Waals surface area contributed by atoms with Crippen molar-refractivity contribution in [2.75, 3.05) is 13.6 Å². The highest BCUT2D eigenvalue weighted by molar-refractivity contribution is 6.01. The van der Waals surface area contributed by atoms with Gasteiger partial charge in [0, 0.05) is 20.0 Å². The quantitative estimate of drug-likeness (QED) is 0.636. The van der Waals surface area contributed by atoms with Crippen LogP contribution in [0.25, 0.3) is 0 Å². The summed E-state index contributed by atoms with van der Waals surface area (Å²) in [5.41, 5.74) is 3.77. The third-order valence-corrected chi connectivity index (χ3v) is 2.35. The van der Waals surface area contributed by atoms with Crippen molar-refractivity contribution in [2.45, 2.75) is 13.3 Å². The molecule has 0 fully saturated rings. The Labute approximate surface area is 78.9 Å². The Balaban J connectivity index is 2.26. The zero-order chi connectivity index (χ0) is 9.26. The minimum atomic E-state index is 1.04. The molecular weight excluding hydrogens is 160 g/mol. The molecule has 68 valence electrons. The van der Waals surface area contributed by atoms with Gasteiger partial charge in [0.1, 0.15) is 0 Å². The maximum absolute atomic E-state index is 4.44. The molecule has 0 unspecified atom stereocenters. The summed E-state index contributed by atoms with van der Waals surface area (Å²) in [5.74, 6) is 0. The van der Waals surface area contributed by atoms with Gasteiger partial charge in [-0.25, -0.2) is 0 Å². The predicted octanol–water partition coefficient (Wildman–Crippen LogP) is 2.03. The second kappa shape index (κ2) is 3.21. The summed E-state index contributed by atoms with van der Waals surface area (Å²) < 4.78 is 0. The fourth-order valence-electron chi connectivity index (χ4n) is 1.52. The van der Waals surface area contributed by atoms with Crippen LogP contribution in [0.2, 0.25) is 0 Å². The molecule has 0 saturated heterocycles. The van der Waals surface area contributed by atoms with E-state index in [0.717, 1.165) is 13.0 Å². The molecule has 0 aliphatic carbocycles. The van der Waals surface area contributed by atoms with Crippen LogP contribution in [-0.2, 0) is 0 Å². The van der Waals surface area contributed by atoms with Crippen LogP contribution in [0.15, 0.2) is 29.4 Å². The normalized spacial score (nSPS) is 16.2. The number of benzene rings is 1. The lowest BCUT2D eigenvalue weighted by atomic mass is 10.1. The average molecular weight is 174 g/mol. The highest BCUT2D eigenvalue weighted by Crippen LogP contribution is 2.12. The highest BCUT2D eigenvalue weighted by atomic mass is 15.5. The van der Waals surface area contributed by atoms with Gasteiger partial charge in [0.25, 0.3) is 0 Å². The Hall–Kier alpha value is -1.31. The molecule has 0 atom stereocenters. The van der Waals surface area contributed by atoms with Crippen molar-refractivity contribution < 1.29 is 0 Å². The molecule has 0 amide bonds. The first-order chi connectivity index (χ1) is 6.25. The Morgan fingerprint density at radius 1 is 1.23 bits per heavy atom. The van der Waals surface area contributed by atoms with Gasteiger partial charge < -0.3 is 0 Å². The number of hydrogen-bond donors (Lipinski definition) is 0. The molecule has 1 aromatic carbocycles. The smallest absolute Gasteiger partial charge is 0.0695 e. The molecule has 0 radical (unpaired) electrons. The largest absolute Gasteiger partial charge is 0.299 e. The van der Waals surface area contributed by atoms with Gasteiger partial charge in [0.05, 0.1) is 5.71 Å². The van der Waals surface area contributed by atoms with Gasteiger partial charge >= 0.3 is 0 Å². The van der Waals surface area contributed by atoms with Crippen molar-refractivity contribution in [1.82, 2.24) is 5.01 Å². The molecule has 0 N–H and O–H groups in total.